The third-order valence-electron chi connectivity index (χ3n) is 2.74. The SMILES string of the molecule is CC(C)(C)S(=O)(=O)CCOc1cncc(C#CCCO)c1. The van der Waals surface area contributed by atoms with E-state index in [0.29, 0.717) is 17.7 Å². The summed E-state index contributed by atoms with van der Waals surface area (Å²) >= 11 is 0. The van der Waals surface area contributed by atoms with E-state index in [4.69, 9.17) is 9.84 Å². The van der Waals surface area contributed by atoms with Crippen LogP contribution in [-0.2, 0) is 9.84 Å². The van der Waals surface area contributed by atoms with E-state index < -0.39 is 14.6 Å². The van der Waals surface area contributed by atoms with Crippen molar-refractivity contribution in [1.82, 2.24) is 4.98 Å². The first kappa shape index (κ1) is 17.5. The summed E-state index contributed by atoms with van der Waals surface area (Å²) in [4.78, 5) is 3.99. The summed E-state index contributed by atoms with van der Waals surface area (Å²) in [6, 6.07) is 1.70. The van der Waals surface area contributed by atoms with E-state index in [2.05, 4.69) is 16.8 Å². The van der Waals surface area contributed by atoms with Crippen molar-refractivity contribution in [2.24, 2.45) is 0 Å². The maximum atomic E-state index is 11.9. The van der Waals surface area contributed by atoms with Gasteiger partial charge in [-0.05, 0) is 26.8 Å². The average molecular weight is 311 g/mol. The van der Waals surface area contributed by atoms with Crippen molar-refractivity contribution < 1.29 is 18.3 Å². The molecule has 1 heterocycles. The van der Waals surface area contributed by atoms with Crippen LogP contribution in [0, 0.1) is 11.8 Å². The number of hydrogen-bond acceptors (Lipinski definition) is 5. The number of aromatic nitrogens is 1. The Morgan fingerprint density at radius 3 is 2.67 bits per heavy atom. The molecule has 0 saturated carbocycles. The predicted octanol–water partition coefficient (Wildman–Crippen LogP) is 1.41. The highest BCUT2D eigenvalue weighted by Crippen LogP contribution is 2.16. The number of ether oxygens (including phenoxy) is 1. The summed E-state index contributed by atoms with van der Waals surface area (Å²) in [7, 11) is -3.20. The number of aliphatic hydroxyl groups excluding tert-OH is 1. The van der Waals surface area contributed by atoms with Gasteiger partial charge in [0.2, 0.25) is 0 Å². The highest BCUT2D eigenvalue weighted by Gasteiger charge is 2.28. The summed E-state index contributed by atoms with van der Waals surface area (Å²) in [6.45, 7) is 5.10. The van der Waals surface area contributed by atoms with Gasteiger partial charge in [-0.15, -0.1) is 0 Å². The second-order valence-corrected chi connectivity index (χ2v) is 8.33. The minimum Gasteiger partial charge on any atom is -0.491 e. The zero-order chi connectivity index (χ0) is 15.9. The van der Waals surface area contributed by atoms with Crippen LogP contribution >= 0.6 is 0 Å². The summed E-state index contributed by atoms with van der Waals surface area (Å²) in [5.74, 6) is 6.07. The molecule has 5 nitrogen and oxygen atoms in total. The van der Waals surface area contributed by atoms with E-state index in [0.717, 1.165) is 0 Å². The Hall–Kier alpha value is -1.58. The van der Waals surface area contributed by atoms with Gasteiger partial charge in [-0.2, -0.15) is 0 Å². The van der Waals surface area contributed by atoms with Crippen LogP contribution in [0.3, 0.4) is 0 Å². The highest BCUT2D eigenvalue weighted by atomic mass is 32.2. The molecule has 1 N–H and O–H groups in total. The molecule has 0 atom stereocenters. The Kier molecular flexibility index (Phi) is 6.19. The van der Waals surface area contributed by atoms with Gasteiger partial charge < -0.3 is 9.84 Å². The van der Waals surface area contributed by atoms with E-state index in [9.17, 15) is 8.42 Å². The molecule has 0 amide bonds. The van der Waals surface area contributed by atoms with Gasteiger partial charge in [0.05, 0.1) is 23.3 Å². The Labute approximate surface area is 126 Å². The number of rotatable bonds is 5. The van der Waals surface area contributed by atoms with Crippen LogP contribution in [0.4, 0.5) is 0 Å². The molecule has 1 rings (SSSR count). The summed E-state index contributed by atoms with van der Waals surface area (Å²) in [5, 5.41) is 8.66. The molecular weight excluding hydrogens is 290 g/mol. The Balaban J connectivity index is 2.62. The quantitative estimate of drug-likeness (QED) is 0.832. The van der Waals surface area contributed by atoms with Crippen LogP contribution < -0.4 is 4.74 Å². The molecule has 0 saturated heterocycles. The molecule has 0 fully saturated rings. The summed E-state index contributed by atoms with van der Waals surface area (Å²) < 4.78 is 28.5. The first-order valence-corrected chi connectivity index (χ1v) is 8.31. The zero-order valence-corrected chi connectivity index (χ0v) is 13.4. The van der Waals surface area contributed by atoms with Crippen molar-refractivity contribution in [3.05, 3.63) is 24.0 Å². The van der Waals surface area contributed by atoms with Crippen LogP contribution in [0.15, 0.2) is 18.5 Å². The monoisotopic (exact) mass is 311 g/mol. The number of nitrogens with zero attached hydrogens (tertiary/aromatic N) is 1. The van der Waals surface area contributed by atoms with E-state index in [1.165, 1.54) is 6.20 Å². The molecule has 0 unspecified atom stereocenters. The molecule has 0 radical (unpaired) electrons. The van der Waals surface area contributed by atoms with E-state index in [-0.39, 0.29) is 19.0 Å². The lowest BCUT2D eigenvalue weighted by atomic mass is 10.2. The predicted molar refractivity (Wildman–Crippen MR) is 81.9 cm³/mol. The standard InChI is InChI=1S/C15H21NO4S/c1-15(2,3)21(18,19)9-8-20-14-10-13(11-16-12-14)6-4-5-7-17/h10-12,17H,5,7-9H2,1-3H3. The van der Waals surface area contributed by atoms with Gasteiger partial charge in [-0.1, -0.05) is 11.8 Å². The van der Waals surface area contributed by atoms with E-state index >= 15 is 0 Å². The third-order valence-corrected chi connectivity index (χ3v) is 5.31. The van der Waals surface area contributed by atoms with Crippen molar-refractivity contribution in [2.75, 3.05) is 19.0 Å². The lowest BCUT2D eigenvalue weighted by molar-refractivity contribution is 0.305. The van der Waals surface area contributed by atoms with Gasteiger partial charge in [0.15, 0.2) is 9.84 Å². The fourth-order valence-electron chi connectivity index (χ4n) is 1.36. The minimum atomic E-state index is -3.20. The van der Waals surface area contributed by atoms with Gasteiger partial charge in [0, 0.05) is 18.2 Å². The number of sulfone groups is 1. The van der Waals surface area contributed by atoms with Crippen molar-refractivity contribution in [3.8, 4) is 17.6 Å². The molecule has 1 aromatic heterocycles. The summed E-state index contributed by atoms with van der Waals surface area (Å²) in [5.41, 5.74) is 0.666. The van der Waals surface area contributed by atoms with Gasteiger partial charge in [-0.3, -0.25) is 4.98 Å². The molecule has 116 valence electrons. The molecule has 0 aliphatic carbocycles. The first-order valence-electron chi connectivity index (χ1n) is 6.66. The third kappa shape index (κ3) is 5.74. The number of hydrogen-bond donors (Lipinski definition) is 1. The van der Waals surface area contributed by atoms with Gasteiger partial charge >= 0.3 is 0 Å². The number of pyridine rings is 1. The molecular formula is C15H21NO4S. The number of aliphatic hydroxyl groups is 1. The maximum absolute atomic E-state index is 11.9. The van der Waals surface area contributed by atoms with Gasteiger partial charge in [0.1, 0.15) is 12.4 Å². The minimum absolute atomic E-state index is 0.0152. The average Bonchev–Trinajstić information content (AvgIpc) is 2.38. The van der Waals surface area contributed by atoms with Gasteiger partial charge in [0.25, 0.3) is 0 Å². The Morgan fingerprint density at radius 2 is 2.05 bits per heavy atom. The molecule has 0 spiro atoms. The smallest absolute Gasteiger partial charge is 0.158 e. The Morgan fingerprint density at radius 1 is 1.33 bits per heavy atom. The molecule has 6 heteroatoms. The van der Waals surface area contributed by atoms with Crippen LogP contribution in [0.1, 0.15) is 32.8 Å². The maximum Gasteiger partial charge on any atom is 0.158 e. The van der Waals surface area contributed by atoms with Gasteiger partial charge in [-0.25, -0.2) is 8.42 Å². The topological polar surface area (TPSA) is 76.5 Å². The van der Waals surface area contributed by atoms with Crippen molar-refractivity contribution in [3.63, 3.8) is 0 Å². The molecule has 0 aliphatic heterocycles. The lowest BCUT2D eigenvalue weighted by Crippen LogP contribution is -2.32. The highest BCUT2D eigenvalue weighted by molar-refractivity contribution is 7.92. The molecule has 0 aliphatic rings. The van der Waals surface area contributed by atoms with E-state index in [1.54, 1.807) is 33.0 Å². The lowest BCUT2D eigenvalue weighted by Gasteiger charge is -2.19. The van der Waals surface area contributed by atoms with Crippen LogP contribution in [0.2, 0.25) is 0 Å². The summed E-state index contributed by atoms with van der Waals surface area (Å²) in [6.07, 6.45) is 3.50. The first-order chi connectivity index (χ1) is 9.76. The molecule has 0 aromatic carbocycles. The normalized spacial score (nSPS) is 11.6. The van der Waals surface area contributed by atoms with Crippen molar-refractivity contribution in [2.45, 2.75) is 31.9 Å². The van der Waals surface area contributed by atoms with Crippen molar-refractivity contribution in [1.29, 1.82) is 0 Å². The largest absolute Gasteiger partial charge is 0.491 e. The van der Waals surface area contributed by atoms with Crippen LogP contribution in [0.5, 0.6) is 5.75 Å². The second-order valence-electron chi connectivity index (χ2n) is 5.46. The second kappa shape index (κ2) is 7.43. The Bertz CT molecular complexity index is 621. The fourth-order valence-corrected chi connectivity index (χ4v) is 2.28. The molecule has 0 bridgehead atoms. The van der Waals surface area contributed by atoms with E-state index in [1.807, 2.05) is 0 Å². The zero-order valence-electron chi connectivity index (χ0n) is 12.6. The van der Waals surface area contributed by atoms with Crippen molar-refractivity contribution >= 4 is 9.84 Å². The fraction of sp³-hybridized carbons (Fsp3) is 0.533. The molecule has 21 heavy (non-hydrogen) atoms. The van der Waals surface area contributed by atoms with Crippen LogP contribution in [0.25, 0.3) is 0 Å². The van der Waals surface area contributed by atoms with Crippen LogP contribution in [-0.4, -0.2) is 42.2 Å². The molecule has 1 aromatic rings.